The van der Waals surface area contributed by atoms with E-state index in [0.29, 0.717) is 0 Å². The Morgan fingerprint density at radius 1 is 1.15 bits per heavy atom. The Bertz CT molecular complexity index is 236. The van der Waals surface area contributed by atoms with Gasteiger partial charge in [-0.3, -0.25) is 0 Å². The first-order chi connectivity index (χ1) is 6.29. The molecule has 0 spiro atoms. The van der Waals surface area contributed by atoms with Crippen LogP contribution in [-0.4, -0.2) is 19.3 Å². The maximum absolute atomic E-state index is 9.76. The summed E-state index contributed by atoms with van der Waals surface area (Å²) in [5.41, 5.74) is 0.817. The normalized spacial score (nSPS) is 13.2. The fourth-order valence-corrected chi connectivity index (χ4v) is 1.99. The highest BCUT2D eigenvalue weighted by atomic mass is 31.2. The molecule has 1 rings (SSSR count). The monoisotopic (exact) mass is 200 g/mol. The van der Waals surface area contributed by atoms with Crippen molar-refractivity contribution in [3.8, 4) is 0 Å². The zero-order valence-electron chi connectivity index (χ0n) is 7.68. The number of hydrogen-bond acceptors (Lipinski definition) is 3. The lowest BCUT2D eigenvalue weighted by atomic mass is 10.2. The number of aliphatic hydroxyl groups is 1. The summed E-state index contributed by atoms with van der Waals surface area (Å²) in [7, 11) is 1.82. The van der Waals surface area contributed by atoms with Crippen LogP contribution in [0.15, 0.2) is 30.3 Å². The van der Waals surface area contributed by atoms with Crippen LogP contribution in [0.5, 0.6) is 0 Å². The average Bonchev–Trinajstić information content (AvgIpc) is 2.21. The van der Waals surface area contributed by atoms with Gasteiger partial charge in [-0.15, -0.1) is 0 Å². The zero-order valence-corrected chi connectivity index (χ0v) is 8.57. The van der Waals surface area contributed by atoms with Crippen LogP contribution in [0.2, 0.25) is 0 Å². The lowest BCUT2D eigenvalue weighted by Crippen LogP contribution is -1.97. The van der Waals surface area contributed by atoms with Gasteiger partial charge in [0.1, 0.15) is 5.85 Å². The van der Waals surface area contributed by atoms with Crippen molar-refractivity contribution in [2.24, 2.45) is 0 Å². The van der Waals surface area contributed by atoms with Crippen molar-refractivity contribution in [2.45, 2.75) is 5.85 Å². The fraction of sp³-hybridized carbons (Fsp3) is 0.333. The van der Waals surface area contributed by atoms with Crippen molar-refractivity contribution in [2.75, 3.05) is 14.2 Å². The van der Waals surface area contributed by atoms with Gasteiger partial charge in [-0.05, 0) is 5.56 Å². The first kappa shape index (κ1) is 10.6. The van der Waals surface area contributed by atoms with E-state index in [2.05, 4.69) is 0 Å². The van der Waals surface area contributed by atoms with Gasteiger partial charge < -0.3 is 14.2 Å². The fourth-order valence-electron chi connectivity index (χ4n) is 1.02. The SMILES string of the molecule is COP(OC)C(O)c1ccccc1. The second-order valence-corrected chi connectivity index (χ2v) is 4.22. The highest BCUT2D eigenvalue weighted by molar-refractivity contribution is 7.47. The maximum Gasteiger partial charge on any atom is 0.205 e. The van der Waals surface area contributed by atoms with Crippen molar-refractivity contribution in [3.63, 3.8) is 0 Å². The molecular formula is C9H13O3P. The molecular weight excluding hydrogens is 187 g/mol. The highest BCUT2D eigenvalue weighted by Crippen LogP contribution is 2.49. The van der Waals surface area contributed by atoms with Crippen LogP contribution in [0.1, 0.15) is 11.4 Å². The van der Waals surface area contributed by atoms with Crippen LogP contribution in [0.25, 0.3) is 0 Å². The predicted molar refractivity (Wildman–Crippen MR) is 52.3 cm³/mol. The molecule has 1 aromatic rings. The van der Waals surface area contributed by atoms with Crippen LogP contribution in [0, 0.1) is 0 Å². The molecule has 1 N–H and O–H groups in total. The average molecular weight is 200 g/mol. The van der Waals surface area contributed by atoms with E-state index < -0.39 is 14.2 Å². The van der Waals surface area contributed by atoms with Crippen LogP contribution in [-0.2, 0) is 9.05 Å². The first-order valence-electron chi connectivity index (χ1n) is 3.90. The molecule has 0 amide bonds. The molecule has 0 aliphatic rings. The molecule has 0 bridgehead atoms. The van der Waals surface area contributed by atoms with E-state index >= 15 is 0 Å². The van der Waals surface area contributed by atoms with Gasteiger partial charge in [0, 0.05) is 14.2 Å². The Kier molecular flexibility index (Phi) is 4.33. The van der Waals surface area contributed by atoms with Gasteiger partial charge in [0.15, 0.2) is 0 Å². The van der Waals surface area contributed by atoms with Crippen LogP contribution in [0.3, 0.4) is 0 Å². The van der Waals surface area contributed by atoms with E-state index in [-0.39, 0.29) is 0 Å². The highest BCUT2D eigenvalue weighted by Gasteiger charge is 2.20. The zero-order chi connectivity index (χ0) is 9.68. The van der Waals surface area contributed by atoms with Crippen LogP contribution in [0.4, 0.5) is 0 Å². The summed E-state index contributed by atoms with van der Waals surface area (Å²) in [6, 6.07) is 9.34. The van der Waals surface area contributed by atoms with E-state index in [0.717, 1.165) is 5.56 Å². The lowest BCUT2D eigenvalue weighted by Gasteiger charge is -2.18. The van der Waals surface area contributed by atoms with Crippen LogP contribution < -0.4 is 0 Å². The number of hydrogen-bond donors (Lipinski definition) is 1. The number of aliphatic hydroxyl groups excluding tert-OH is 1. The predicted octanol–water partition coefficient (Wildman–Crippen LogP) is 2.28. The number of benzene rings is 1. The molecule has 72 valence electrons. The van der Waals surface area contributed by atoms with Gasteiger partial charge in [0.05, 0.1) is 0 Å². The van der Waals surface area contributed by atoms with E-state index in [1.165, 1.54) is 14.2 Å². The van der Waals surface area contributed by atoms with Gasteiger partial charge in [-0.25, -0.2) is 0 Å². The van der Waals surface area contributed by atoms with Gasteiger partial charge >= 0.3 is 0 Å². The standard InChI is InChI=1S/C9H13O3P/c1-11-13(12-2)9(10)8-6-4-3-5-7-8/h3-7,9-10H,1-2H3. The van der Waals surface area contributed by atoms with E-state index in [1.54, 1.807) is 0 Å². The molecule has 0 aromatic heterocycles. The van der Waals surface area contributed by atoms with Gasteiger partial charge in [-0.1, -0.05) is 30.3 Å². The summed E-state index contributed by atoms with van der Waals surface area (Å²) in [6.07, 6.45) is 0. The van der Waals surface area contributed by atoms with Crippen molar-refractivity contribution >= 4 is 8.38 Å². The Morgan fingerprint density at radius 3 is 2.15 bits per heavy atom. The minimum Gasteiger partial charge on any atom is -0.379 e. The summed E-state index contributed by atoms with van der Waals surface area (Å²) in [4.78, 5) is 0. The third-order valence-corrected chi connectivity index (χ3v) is 3.07. The quantitative estimate of drug-likeness (QED) is 0.758. The lowest BCUT2D eigenvalue weighted by molar-refractivity contribution is 0.210. The second kappa shape index (κ2) is 5.30. The molecule has 1 unspecified atom stereocenters. The molecule has 0 aliphatic carbocycles. The molecule has 1 aromatic carbocycles. The van der Waals surface area contributed by atoms with E-state index in [9.17, 15) is 5.11 Å². The van der Waals surface area contributed by atoms with E-state index in [1.807, 2.05) is 30.3 Å². The summed E-state index contributed by atoms with van der Waals surface area (Å²) < 4.78 is 10.0. The third-order valence-electron chi connectivity index (χ3n) is 1.66. The van der Waals surface area contributed by atoms with Crippen molar-refractivity contribution in [3.05, 3.63) is 35.9 Å². The molecule has 0 radical (unpaired) electrons. The molecule has 3 nitrogen and oxygen atoms in total. The second-order valence-electron chi connectivity index (χ2n) is 2.43. The van der Waals surface area contributed by atoms with Crippen molar-refractivity contribution in [1.82, 2.24) is 0 Å². The molecule has 1 atom stereocenters. The summed E-state index contributed by atoms with van der Waals surface area (Å²) in [5.74, 6) is -0.675. The summed E-state index contributed by atoms with van der Waals surface area (Å²) in [6.45, 7) is 0. The molecule has 4 heteroatoms. The van der Waals surface area contributed by atoms with E-state index in [4.69, 9.17) is 9.05 Å². The van der Waals surface area contributed by atoms with Gasteiger partial charge in [-0.2, -0.15) is 0 Å². The largest absolute Gasteiger partial charge is 0.379 e. The minimum absolute atomic E-state index is 0.675. The van der Waals surface area contributed by atoms with Crippen molar-refractivity contribution < 1.29 is 14.2 Å². The Labute approximate surface area is 79.2 Å². The Balaban J connectivity index is 2.72. The summed E-state index contributed by atoms with van der Waals surface area (Å²) in [5, 5.41) is 9.76. The molecule has 0 saturated heterocycles. The Morgan fingerprint density at radius 2 is 1.69 bits per heavy atom. The summed E-state index contributed by atoms with van der Waals surface area (Å²) >= 11 is 0. The Hall–Kier alpha value is -0.470. The van der Waals surface area contributed by atoms with Crippen LogP contribution >= 0.6 is 8.38 Å². The maximum atomic E-state index is 9.76. The van der Waals surface area contributed by atoms with Gasteiger partial charge in [0.25, 0.3) is 0 Å². The van der Waals surface area contributed by atoms with Gasteiger partial charge in [0.2, 0.25) is 8.38 Å². The molecule has 0 heterocycles. The number of rotatable bonds is 4. The smallest absolute Gasteiger partial charge is 0.205 e. The first-order valence-corrected chi connectivity index (χ1v) is 5.14. The molecule has 13 heavy (non-hydrogen) atoms. The topological polar surface area (TPSA) is 38.7 Å². The third kappa shape index (κ3) is 2.75. The minimum atomic E-state index is -1.24. The molecule has 0 aliphatic heterocycles. The molecule has 0 fully saturated rings. The van der Waals surface area contributed by atoms with Crippen molar-refractivity contribution in [1.29, 1.82) is 0 Å². The molecule has 0 saturated carbocycles.